The highest BCUT2D eigenvalue weighted by molar-refractivity contribution is 6.19. The number of para-hydroxylation sites is 6. The van der Waals surface area contributed by atoms with Crippen molar-refractivity contribution in [3.8, 4) is 57.7 Å². The predicted octanol–water partition coefficient (Wildman–Crippen LogP) is 15.4. The van der Waals surface area contributed by atoms with Gasteiger partial charge in [0.15, 0.2) is 17.5 Å². The second-order valence-electron chi connectivity index (χ2n) is 19.2. The molecule has 6 aromatic heterocycles. The van der Waals surface area contributed by atoms with Crippen LogP contribution < -0.4 is 0 Å². The van der Waals surface area contributed by atoms with Crippen molar-refractivity contribution < 1.29 is 0 Å². The van der Waals surface area contributed by atoms with Gasteiger partial charge in [0.1, 0.15) is 0 Å². The molecule has 76 heavy (non-hydrogen) atoms. The number of hydrogen-bond donors (Lipinski definition) is 0. The molecule has 0 spiro atoms. The molecule has 0 atom stereocenters. The van der Waals surface area contributed by atoms with Crippen LogP contribution >= 0.6 is 0 Å². The number of nitrogens with zero attached hydrogens (tertiary/aromatic N) is 10. The highest BCUT2D eigenvalue weighted by Crippen LogP contribution is 2.41. The van der Waals surface area contributed by atoms with Gasteiger partial charge in [-0.2, -0.15) is 15.0 Å². The fraction of sp³-hybridized carbons (Fsp3) is 0. The summed E-state index contributed by atoms with van der Waals surface area (Å²) in [4.78, 5) is 31.8. The first kappa shape index (κ1) is 42.0. The maximum atomic E-state index is 5.56. The Labute approximate surface area is 433 Å². The molecule has 0 saturated heterocycles. The zero-order valence-electron chi connectivity index (χ0n) is 40.6. The molecule has 10 aromatic carbocycles. The van der Waals surface area contributed by atoms with E-state index in [1.54, 1.807) is 0 Å². The van der Waals surface area contributed by atoms with Crippen LogP contribution in [0.5, 0.6) is 0 Å². The minimum atomic E-state index is 0.497. The molecule has 0 bridgehead atoms. The molecule has 0 aliphatic rings. The van der Waals surface area contributed by atoms with Crippen molar-refractivity contribution in [3.63, 3.8) is 0 Å². The topological polar surface area (TPSA) is 97.1 Å². The smallest absolute Gasteiger partial charge is 0.241 e. The molecule has 0 amide bonds. The standard InChI is InChI=1S/C66H40N10/c1-3-20-41(21-4-1)61-67-62(42-22-5-2-6-23-42)69-63(68-61)43-24-19-25-44(38-43)73-53-32-13-11-30-49(53)51-39-52-50-31-12-18-37-58(50)76(60(52)40-59(51)73)66-71-64(74-54-33-14-7-26-45(54)46-27-8-15-34-55(46)74)70-65(72-66)75-56-35-16-9-28-47(56)48-29-10-17-36-57(48)75/h1-40H. The molecule has 0 unspecified atom stereocenters. The highest BCUT2D eigenvalue weighted by atomic mass is 15.3. The minimum Gasteiger partial charge on any atom is -0.309 e. The van der Waals surface area contributed by atoms with Crippen molar-refractivity contribution in [2.24, 2.45) is 0 Å². The van der Waals surface area contributed by atoms with Crippen LogP contribution in [-0.2, 0) is 0 Å². The van der Waals surface area contributed by atoms with E-state index in [4.69, 9.17) is 29.9 Å². The van der Waals surface area contributed by atoms with Crippen molar-refractivity contribution >= 4 is 87.2 Å². The molecule has 354 valence electrons. The Kier molecular flexibility index (Phi) is 9.10. The van der Waals surface area contributed by atoms with Gasteiger partial charge in [-0.15, -0.1) is 0 Å². The van der Waals surface area contributed by atoms with Gasteiger partial charge in [0.2, 0.25) is 17.8 Å². The molecular formula is C66H40N10. The third kappa shape index (κ3) is 6.34. The van der Waals surface area contributed by atoms with Crippen molar-refractivity contribution in [1.29, 1.82) is 0 Å². The van der Waals surface area contributed by atoms with E-state index in [9.17, 15) is 0 Å². The Morgan fingerprint density at radius 3 is 0.908 bits per heavy atom. The molecule has 0 aliphatic carbocycles. The molecule has 10 nitrogen and oxygen atoms in total. The summed E-state index contributed by atoms with van der Waals surface area (Å²) < 4.78 is 8.94. The van der Waals surface area contributed by atoms with Crippen LogP contribution in [0.3, 0.4) is 0 Å². The van der Waals surface area contributed by atoms with E-state index in [1.165, 1.54) is 0 Å². The minimum absolute atomic E-state index is 0.497. The lowest BCUT2D eigenvalue weighted by Gasteiger charge is -2.14. The van der Waals surface area contributed by atoms with Gasteiger partial charge in [0.25, 0.3) is 0 Å². The number of hydrogen-bond acceptors (Lipinski definition) is 6. The fourth-order valence-electron chi connectivity index (χ4n) is 11.6. The van der Waals surface area contributed by atoms with Crippen LogP contribution in [0.1, 0.15) is 0 Å². The fourth-order valence-corrected chi connectivity index (χ4v) is 11.6. The third-order valence-electron chi connectivity index (χ3n) is 14.9. The van der Waals surface area contributed by atoms with Gasteiger partial charge in [0.05, 0.1) is 44.1 Å². The number of rotatable bonds is 7. The molecule has 16 aromatic rings. The highest BCUT2D eigenvalue weighted by Gasteiger charge is 2.25. The molecule has 0 radical (unpaired) electrons. The summed E-state index contributed by atoms with van der Waals surface area (Å²) in [6.45, 7) is 0. The van der Waals surface area contributed by atoms with Gasteiger partial charge < -0.3 is 4.57 Å². The first-order valence-corrected chi connectivity index (χ1v) is 25.4. The lowest BCUT2D eigenvalue weighted by molar-refractivity contribution is 0.848. The molecule has 16 rings (SSSR count). The van der Waals surface area contributed by atoms with E-state index >= 15 is 0 Å². The lowest BCUT2D eigenvalue weighted by atomic mass is 10.1. The largest absolute Gasteiger partial charge is 0.309 e. The van der Waals surface area contributed by atoms with Gasteiger partial charge in [-0.25, -0.2) is 15.0 Å². The quantitative estimate of drug-likeness (QED) is 0.158. The van der Waals surface area contributed by atoms with Gasteiger partial charge >= 0.3 is 0 Å². The van der Waals surface area contributed by atoms with Crippen LogP contribution in [0.25, 0.3) is 145 Å². The number of aromatic nitrogens is 10. The van der Waals surface area contributed by atoms with Gasteiger partial charge in [-0.3, -0.25) is 13.7 Å². The third-order valence-corrected chi connectivity index (χ3v) is 14.9. The number of benzene rings is 10. The average molecular weight is 973 g/mol. The van der Waals surface area contributed by atoms with Crippen LogP contribution in [0.15, 0.2) is 243 Å². The van der Waals surface area contributed by atoms with Crippen molar-refractivity contribution in [1.82, 2.24) is 48.2 Å². The maximum absolute atomic E-state index is 5.56. The van der Waals surface area contributed by atoms with Crippen LogP contribution in [0.4, 0.5) is 0 Å². The summed E-state index contributed by atoms with van der Waals surface area (Å²) in [5.41, 5.74) is 11.8. The van der Waals surface area contributed by atoms with E-state index < -0.39 is 0 Å². The van der Waals surface area contributed by atoms with Gasteiger partial charge in [0, 0.05) is 65.5 Å². The lowest BCUT2D eigenvalue weighted by Crippen LogP contribution is -2.13. The Morgan fingerprint density at radius 2 is 0.500 bits per heavy atom. The van der Waals surface area contributed by atoms with Crippen molar-refractivity contribution in [2.45, 2.75) is 0 Å². The molecule has 0 N–H and O–H groups in total. The monoisotopic (exact) mass is 972 g/mol. The summed E-state index contributed by atoms with van der Waals surface area (Å²) >= 11 is 0. The van der Waals surface area contributed by atoms with Crippen molar-refractivity contribution in [3.05, 3.63) is 243 Å². The summed E-state index contributed by atoms with van der Waals surface area (Å²) in [5.74, 6) is 3.34. The molecule has 0 fully saturated rings. The van der Waals surface area contributed by atoms with E-state index in [1.807, 2.05) is 60.7 Å². The van der Waals surface area contributed by atoms with E-state index in [0.29, 0.717) is 35.3 Å². The molecule has 0 aliphatic heterocycles. The van der Waals surface area contributed by atoms with Gasteiger partial charge in [-0.1, -0.05) is 182 Å². The molecule has 10 heteroatoms. The Hall–Kier alpha value is -10.6. The van der Waals surface area contributed by atoms with Crippen LogP contribution in [-0.4, -0.2) is 48.2 Å². The SMILES string of the molecule is c1ccc(-c2nc(-c3ccccc3)nc(-c3cccc(-n4c5ccccc5c5cc6c7ccccc7n(-c7nc(-n8c9ccccc9c9ccccc98)nc(-n8c9ccccc9c9ccccc98)n7)c6cc54)c3)n2)cc1. The Morgan fingerprint density at radius 1 is 0.197 bits per heavy atom. The Balaban J connectivity index is 0.965. The van der Waals surface area contributed by atoms with Crippen LogP contribution in [0, 0.1) is 0 Å². The second kappa shape index (κ2) is 16.5. The first-order valence-electron chi connectivity index (χ1n) is 25.4. The zero-order valence-corrected chi connectivity index (χ0v) is 40.6. The maximum Gasteiger partial charge on any atom is 0.241 e. The molecule has 0 saturated carbocycles. The molecular weight excluding hydrogens is 933 g/mol. The van der Waals surface area contributed by atoms with Crippen LogP contribution in [0.2, 0.25) is 0 Å². The van der Waals surface area contributed by atoms with Gasteiger partial charge in [-0.05, 0) is 60.7 Å². The Bertz CT molecular complexity index is 4710. The zero-order chi connectivity index (χ0) is 49.8. The summed E-state index contributed by atoms with van der Waals surface area (Å²) in [7, 11) is 0. The summed E-state index contributed by atoms with van der Waals surface area (Å²) in [6, 6.07) is 84.5. The van der Waals surface area contributed by atoms with E-state index in [2.05, 4.69) is 200 Å². The molecule has 6 heterocycles. The summed E-state index contributed by atoms with van der Waals surface area (Å²) in [5, 5.41) is 8.94. The first-order chi connectivity index (χ1) is 37.7. The van der Waals surface area contributed by atoms with Crippen molar-refractivity contribution in [2.75, 3.05) is 0 Å². The predicted molar refractivity (Wildman–Crippen MR) is 307 cm³/mol. The second-order valence-corrected chi connectivity index (χ2v) is 19.2. The average Bonchev–Trinajstić information content (AvgIpc) is 4.29. The summed E-state index contributed by atoms with van der Waals surface area (Å²) in [6.07, 6.45) is 0. The van der Waals surface area contributed by atoms with E-state index in [-0.39, 0.29) is 0 Å². The normalized spacial score (nSPS) is 11.9. The van der Waals surface area contributed by atoms with E-state index in [0.717, 1.165) is 110 Å². The number of fused-ring (bicyclic) bond motifs is 12.